The van der Waals surface area contributed by atoms with E-state index in [9.17, 15) is 19.5 Å². The van der Waals surface area contributed by atoms with Gasteiger partial charge in [0, 0.05) is 0 Å². The van der Waals surface area contributed by atoms with Gasteiger partial charge in [-0.2, -0.15) is 0 Å². The molecule has 0 atom stereocenters. The standard InChI is InChI=1S/C21H19ClN2O5/c1-4-29-17-10-13(9-15(22)18(17)25)8-14-19(26)23-21(28)24(20(14)27)16-6-5-11(2)7-12(16)3/h5-10,25H,4H2,1-3H3,(H,23,26,28). The van der Waals surface area contributed by atoms with Crippen LogP contribution in [-0.4, -0.2) is 29.6 Å². The fourth-order valence-corrected chi connectivity index (χ4v) is 3.26. The number of imide groups is 2. The number of aryl methyl sites for hydroxylation is 2. The summed E-state index contributed by atoms with van der Waals surface area (Å²) in [6.45, 7) is 5.70. The number of nitrogens with zero attached hydrogens (tertiary/aromatic N) is 1. The number of barbiturate groups is 1. The summed E-state index contributed by atoms with van der Waals surface area (Å²) >= 11 is 6.02. The molecule has 2 aromatic carbocycles. The Morgan fingerprint density at radius 1 is 1.17 bits per heavy atom. The van der Waals surface area contributed by atoms with Crippen LogP contribution in [0.15, 0.2) is 35.9 Å². The van der Waals surface area contributed by atoms with Gasteiger partial charge in [0.05, 0.1) is 17.3 Å². The molecule has 1 saturated heterocycles. The van der Waals surface area contributed by atoms with Gasteiger partial charge < -0.3 is 9.84 Å². The molecule has 4 amide bonds. The molecule has 2 aromatic rings. The Morgan fingerprint density at radius 2 is 1.90 bits per heavy atom. The molecule has 0 aliphatic carbocycles. The number of benzene rings is 2. The lowest BCUT2D eigenvalue weighted by atomic mass is 10.0. The summed E-state index contributed by atoms with van der Waals surface area (Å²) in [5.74, 6) is -1.68. The number of urea groups is 1. The molecule has 0 bridgehead atoms. The van der Waals surface area contributed by atoms with E-state index in [0.29, 0.717) is 16.8 Å². The highest BCUT2D eigenvalue weighted by atomic mass is 35.5. The molecule has 1 heterocycles. The predicted molar refractivity (Wildman–Crippen MR) is 109 cm³/mol. The van der Waals surface area contributed by atoms with Crippen molar-refractivity contribution < 1.29 is 24.2 Å². The highest BCUT2D eigenvalue weighted by Crippen LogP contribution is 2.36. The van der Waals surface area contributed by atoms with Crippen LogP contribution in [-0.2, 0) is 9.59 Å². The zero-order valence-corrected chi connectivity index (χ0v) is 16.8. The van der Waals surface area contributed by atoms with E-state index in [1.54, 1.807) is 26.0 Å². The maximum absolute atomic E-state index is 13.0. The van der Waals surface area contributed by atoms with Crippen LogP contribution in [0.2, 0.25) is 5.02 Å². The van der Waals surface area contributed by atoms with Crippen LogP contribution in [0.3, 0.4) is 0 Å². The molecule has 0 aromatic heterocycles. The minimum atomic E-state index is -0.817. The Bertz CT molecular complexity index is 1060. The summed E-state index contributed by atoms with van der Waals surface area (Å²) in [6, 6.07) is 7.30. The highest BCUT2D eigenvalue weighted by Gasteiger charge is 2.37. The van der Waals surface area contributed by atoms with Crippen molar-refractivity contribution in [2.75, 3.05) is 11.5 Å². The van der Waals surface area contributed by atoms with Crippen LogP contribution in [0.1, 0.15) is 23.6 Å². The molecule has 0 spiro atoms. The number of carbonyl (C=O) groups excluding carboxylic acids is 3. The number of nitrogens with one attached hydrogen (secondary N) is 1. The van der Waals surface area contributed by atoms with Crippen LogP contribution in [0.4, 0.5) is 10.5 Å². The molecule has 7 nitrogen and oxygen atoms in total. The Hall–Kier alpha value is -3.32. The summed E-state index contributed by atoms with van der Waals surface area (Å²) in [6.07, 6.45) is 1.30. The molecule has 29 heavy (non-hydrogen) atoms. The Labute approximate surface area is 172 Å². The lowest BCUT2D eigenvalue weighted by Crippen LogP contribution is -2.54. The fourth-order valence-electron chi connectivity index (χ4n) is 3.04. The van der Waals surface area contributed by atoms with Gasteiger partial charge in [-0.15, -0.1) is 0 Å². The third-order valence-electron chi connectivity index (χ3n) is 4.36. The average molecular weight is 415 g/mol. The van der Waals surface area contributed by atoms with E-state index in [1.165, 1.54) is 18.2 Å². The van der Waals surface area contributed by atoms with Crippen LogP contribution >= 0.6 is 11.6 Å². The zero-order valence-electron chi connectivity index (χ0n) is 16.1. The number of rotatable bonds is 4. The third-order valence-corrected chi connectivity index (χ3v) is 4.64. The van der Waals surface area contributed by atoms with Gasteiger partial charge in [-0.1, -0.05) is 29.3 Å². The van der Waals surface area contributed by atoms with Crippen LogP contribution in [0, 0.1) is 13.8 Å². The number of phenols is 1. The Morgan fingerprint density at radius 3 is 2.55 bits per heavy atom. The van der Waals surface area contributed by atoms with Gasteiger partial charge in [0.2, 0.25) is 0 Å². The Balaban J connectivity index is 2.06. The van der Waals surface area contributed by atoms with Crippen molar-refractivity contribution >= 4 is 41.2 Å². The van der Waals surface area contributed by atoms with Crippen LogP contribution < -0.4 is 15.0 Å². The van der Waals surface area contributed by atoms with E-state index in [2.05, 4.69) is 5.32 Å². The summed E-state index contributed by atoms with van der Waals surface area (Å²) < 4.78 is 5.32. The van der Waals surface area contributed by atoms with E-state index >= 15 is 0 Å². The molecule has 1 aliphatic heterocycles. The van der Waals surface area contributed by atoms with E-state index in [0.717, 1.165) is 10.5 Å². The SMILES string of the molecule is CCOc1cc(C=C2C(=O)NC(=O)N(c3ccc(C)cc3C)C2=O)cc(Cl)c1O. The minimum Gasteiger partial charge on any atom is -0.503 e. The van der Waals surface area contributed by atoms with Crippen molar-refractivity contribution in [1.82, 2.24) is 5.32 Å². The molecule has 0 saturated carbocycles. The van der Waals surface area contributed by atoms with Crippen LogP contribution in [0.25, 0.3) is 6.08 Å². The molecule has 3 rings (SSSR count). The van der Waals surface area contributed by atoms with Crippen molar-refractivity contribution in [3.8, 4) is 11.5 Å². The van der Waals surface area contributed by atoms with Gasteiger partial charge >= 0.3 is 6.03 Å². The van der Waals surface area contributed by atoms with Crippen molar-refractivity contribution in [3.05, 3.63) is 57.6 Å². The number of hydrogen-bond donors (Lipinski definition) is 2. The summed E-state index contributed by atoms with van der Waals surface area (Å²) in [7, 11) is 0. The topological polar surface area (TPSA) is 95.9 Å². The van der Waals surface area contributed by atoms with E-state index in [4.69, 9.17) is 16.3 Å². The largest absolute Gasteiger partial charge is 0.503 e. The quantitative estimate of drug-likeness (QED) is 0.587. The number of carbonyl (C=O) groups is 3. The number of halogens is 1. The van der Waals surface area contributed by atoms with E-state index < -0.39 is 17.8 Å². The second-order valence-electron chi connectivity index (χ2n) is 6.53. The number of hydrogen-bond acceptors (Lipinski definition) is 5. The molecule has 1 aliphatic rings. The van der Waals surface area contributed by atoms with Gasteiger partial charge in [0.15, 0.2) is 11.5 Å². The molecule has 0 unspecified atom stereocenters. The maximum atomic E-state index is 13.0. The lowest BCUT2D eigenvalue weighted by molar-refractivity contribution is -0.122. The van der Waals surface area contributed by atoms with Gasteiger partial charge in [0.1, 0.15) is 5.57 Å². The molecule has 150 valence electrons. The summed E-state index contributed by atoms with van der Waals surface area (Å²) in [5.41, 5.74) is 2.20. The van der Waals surface area contributed by atoms with Crippen molar-refractivity contribution in [1.29, 1.82) is 0 Å². The lowest BCUT2D eigenvalue weighted by Gasteiger charge is -2.27. The minimum absolute atomic E-state index is 0.00813. The van der Waals surface area contributed by atoms with Crippen molar-refractivity contribution in [2.45, 2.75) is 20.8 Å². The number of phenolic OH excluding ortho intramolecular Hbond substituents is 1. The predicted octanol–water partition coefficient (Wildman–Crippen LogP) is 3.73. The number of aromatic hydroxyl groups is 1. The first-order chi connectivity index (χ1) is 13.7. The van der Waals surface area contributed by atoms with Gasteiger partial charge in [-0.3, -0.25) is 14.9 Å². The number of ether oxygens (including phenoxy) is 1. The molecule has 1 fully saturated rings. The number of amides is 4. The van der Waals surface area contributed by atoms with Gasteiger partial charge in [-0.25, -0.2) is 9.69 Å². The molecular weight excluding hydrogens is 396 g/mol. The maximum Gasteiger partial charge on any atom is 0.335 e. The highest BCUT2D eigenvalue weighted by molar-refractivity contribution is 6.39. The molecule has 2 N–H and O–H groups in total. The average Bonchev–Trinajstić information content (AvgIpc) is 2.64. The van der Waals surface area contributed by atoms with Crippen molar-refractivity contribution in [2.24, 2.45) is 0 Å². The smallest absolute Gasteiger partial charge is 0.335 e. The monoisotopic (exact) mass is 414 g/mol. The second kappa shape index (κ2) is 7.97. The first-order valence-electron chi connectivity index (χ1n) is 8.87. The summed E-state index contributed by atoms with van der Waals surface area (Å²) in [5, 5.41) is 12.2. The summed E-state index contributed by atoms with van der Waals surface area (Å²) in [4.78, 5) is 38.6. The second-order valence-corrected chi connectivity index (χ2v) is 6.94. The Kier molecular flexibility index (Phi) is 5.61. The van der Waals surface area contributed by atoms with Gasteiger partial charge in [-0.05, 0) is 56.2 Å². The molecular formula is C21H19ClN2O5. The van der Waals surface area contributed by atoms with Gasteiger partial charge in [0.25, 0.3) is 11.8 Å². The van der Waals surface area contributed by atoms with Crippen LogP contribution in [0.5, 0.6) is 11.5 Å². The van der Waals surface area contributed by atoms with E-state index in [-0.39, 0.29) is 28.7 Å². The first kappa shape index (κ1) is 20.4. The first-order valence-corrected chi connectivity index (χ1v) is 9.24. The van der Waals surface area contributed by atoms with E-state index in [1.807, 2.05) is 13.0 Å². The third kappa shape index (κ3) is 3.95. The molecule has 8 heteroatoms. The van der Waals surface area contributed by atoms with Crippen molar-refractivity contribution in [3.63, 3.8) is 0 Å². The fraction of sp³-hybridized carbons (Fsp3) is 0.190. The normalized spacial score (nSPS) is 15.7. The zero-order chi connectivity index (χ0) is 21.3. The molecule has 0 radical (unpaired) electrons. The number of anilines is 1.